The maximum atomic E-state index is 14.5. The average Bonchev–Trinajstić information content (AvgIpc) is 2.71. The average molecular weight is 399 g/mol. The van der Waals surface area contributed by atoms with Crippen LogP contribution in [0.15, 0.2) is 30.3 Å². The highest BCUT2D eigenvalue weighted by Crippen LogP contribution is 2.30. The zero-order valence-corrected chi connectivity index (χ0v) is 14.5. The predicted molar refractivity (Wildman–Crippen MR) is 86.3 cm³/mol. The lowest BCUT2D eigenvalue weighted by molar-refractivity contribution is -0.143. The number of esters is 2. The van der Waals surface area contributed by atoms with Gasteiger partial charge < -0.3 is 14.8 Å². The van der Waals surface area contributed by atoms with Crippen molar-refractivity contribution in [2.75, 3.05) is 14.2 Å². The number of halogens is 4. The molecule has 1 N–H and O–H groups in total. The minimum Gasteiger partial charge on any atom is -0.467 e. The molecule has 1 unspecified atom stereocenters. The summed E-state index contributed by atoms with van der Waals surface area (Å²) >= 11 is 0. The largest absolute Gasteiger partial charge is 0.467 e. The molecule has 10 heteroatoms. The van der Waals surface area contributed by atoms with Gasteiger partial charge in [-0.3, -0.25) is 4.79 Å². The SMILES string of the molecule is COC(=O)c1c(F)c(F)c(C(NC(=O)c2ccccc2)C(=O)OC)c(F)c1F. The van der Waals surface area contributed by atoms with E-state index in [1.54, 1.807) is 6.07 Å². The van der Waals surface area contributed by atoms with Crippen LogP contribution in [0.5, 0.6) is 0 Å². The molecule has 0 aromatic heterocycles. The highest BCUT2D eigenvalue weighted by atomic mass is 19.2. The predicted octanol–water partition coefficient (Wildman–Crippen LogP) is 2.67. The van der Waals surface area contributed by atoms with E-state index in [2.05, 4.69) is 9.47 Å². The topological polar surface area (TPSA) is 81.7 Å². The van der Waals surface area contributed by atoms with E-state index in [0.29, 0.717) is 0 Å². The Bertz CT molecular complexity index is 904. The summed E-state index contributed by atoms with van der Waals surface area (Å²) in [7, 11) is 1.59. The van der Waals surface area contributed by atoms with E-state index in [0.717, 1.165) is 14.2 Å². The van der Waals surface area contributed by atoms with Crippen LogP contribution in [0.3, 0.4) is 0 Å². The van der Waals surface area contributed by atoms with Crippen LogP contribution in [-0.2, 0) is 14.3 Å². The lowest BCUT2D eigenvalue weighted by atomic mass is 10.0. The Morgan fingerprint density at radius 3 is 1.86 bits per heavy atom. The van der Waals surface area contributed by atoms with Crippen molar-refractivity contribution in [2.45, 2.75) is 6.04 Å². The molecule has 6 nitrogen and oxygen atoms in total. The molecule has 0 aliphatic carbocycles. The zero-order valence-electron chi connectivity index (χ0n) is 14.5. The second-order valence-corrected chi connectivity index (χ2v) is 5.33. The number of ether oxygens (including phenoxy) is 2. The summed E-state index contributed by atoms with van der Waals surface area (Å²) in [5.74, 6) is -12.3. The lowest BCUT2D eigenvalue weighted by Crippen LogP contribution is -2.36. The van der Waals surface area contributed by atoms with Crippen molar-refractivity contribution in [1.82, 2.24) is 5.32 Å². The van der Waals surface area contributed by atoms with Crippen LogP contribution in [0.25, 0.3) is 0 Å². The molecule has 0 bridgehead atoms. The van der Waals surface area contributed by atoms with Crippen molar-refractivity contribution in [2.24, 2.45) is 0 Å². The van der Waals surface area contributed by atoms with Crippen molar-refractivity contribution < 1.29 is 41.4 Å². The molecule has 0 aliphatic rings. The molecule has 0 spiro atoms. The van der Waals surface area contributed by atoms with Crippen molar-refractivity contribution in [1.29, 1.82) is 0 Å². The first kappa shape index (κ1) is 20.9. The molecular formula is C18H13F4NO5. The molecule has 0 aliphatic heterocycles. The molecule has 0 radical (unpaired) electrons. The van der Waals surface area contributed by atoms with E-state index in [1.807, 2.05) is 5.32 Å². The quantitative estimate of drug-likeness (QED) is 0.475. The monoisotopic (exact) mass is 399 g/mol. The van der Waals surface area contributed by atoms with Gasteiger partial charge in [0.25, 0.3) is 5.91 Å². The summed E-state index contributed by atoms with van der Waals surface area (Å²) in [6.07, 6.45) is 0. The molecule has 1 amide bonds. The number of amides is 1. The molecule has 2 aromatic rings. The van der Waals surface area contributed by atoms with Gasteiger partial charge in [0.1, 0.15) is 5.56 Å². The normalized spacial score (nSPS) is 11.5. The molecule has 148 valence electrons. The number of rotatable bonds is 5. The second kappa shape index (κ2) is 8.51. The van der Waals surface area contributed by atoms with Gasteiger partial charge in [0.2, 0.25) is 0 Å². The zero-order chi connectivity index (χ0) is 21.0. The minimum atomic E-state index is -2.23. The van der Waals surface area contributed by atoms with E-state index < -0.39 is 58.3 Å². The number of methoxy groups -OCH3 is 2. The third-order valence-electron chi connectivity index (χ3n) is 3.72. The number of benzene rings is 2. The Hall–Kier alpha value is -3.43. The van der Waals surface area contributed by atoms with Crippen LogP contribution in [0.4, 0.5) is 17.6 Å². The van der Waals surface area contributed by atoms with E-state index in [-0.39, 0.29) is 5.56 Å². The number of carbonyl (C=O) groups is 3. The van der Waals surface area contributed by atoms with Crippen molar-refractivity contribution in [3.8, 4) is 0 Å². The van der Waals surface area contributed by atoms with Crippen LogP contribution in [0.1, 0.15) is 32.3 Å². The van der Waals surface area contributed by atoms with Crippen molar-refractivity contribution >= 4 is 17.8 Å². The molecule has 0 fully saturated rings. The van der Waals surface area contributed by atoms with Crippen molar-refractivity contribution in [3.63, 3.8) is 0 Å². The van der Waals surface area contributed by atoms with Gasteiger partial charge in [-0.1, -0.05) is 18.2 Å². The first-order chi connectivity index (χ1) is 13.2. The molecule has 2 rings (SSSR count). The Morgan fingerprint density at radius 1 is 0.857 bits per heavy atom. The lowest BCUT2D eigenvalue weighted by Gasteiger charge is -2.19. The Balaban J connectivity index is 2.60. The molecule has 2 aromatic carbocycles. The number of carbonyl (C=O) groups excluding carboxylic acids is 3. The van der Waals surface area contributed by atoms with Gasteiger partial charge in [0.05, 0.1) is 19.8 Å². The Kier molecular flexibility index (Phi) is 6.34. The second-order valence-electron chi connectivity index (χ2n) is 5.33. The number of hydrogen-bond acceptors (Lipinski definition) is 5. The first-order valence-electron chi connectivity index (χ1n) is 7.62. The standard InChI is InChI=1S/C18H13F4NO5/c1-27-17(25)10-13(21)11(19)9(12(20)14(10)22)15(18(26)28-2)23-16(24)8-6-4-3-5-7-8/h3-7,15H,1-2H3,(H,23,24). The minimum absolute atomic E-state index is 0.00402. The van der Waals surface area contributed by atoms with Crippen LogP contribution < -0.4 is 5.32 Å². The van der Waals surface area contributed by atoms with E-state index >= 15 is 0 Å². The summed E-state index contributed by atoms with van der Waals surface area (Å²) in [5.41, 5.74) is -3.07. The van der Waals surface area contributed by atoms with Gasteiger partial charge in [-0.2, -0.15) is 0 Å². The smallest absolute Gasteiger partial charge is 0.344 e. The van der Waals surface area contributed by atoms with Gasteiger partial charge in [-0.25, -0.2) is 27.2 Å². The summed E-state index contributed by atoms with van der Waals surface area (Å²) < 4.78 is 65.7. The van der Waals surface area contributed by atoms with E-state index in [4.69, 9.17) is 0 Å². The van der Waals surface area contributed by atoms with Gasteiger partial charge in [0.15, 0.2) is 29.3 Å². The van der Waals surface area contributed by atoms with E-state index in [9.17, 15) is 31.9 Å². The van der Waals surface area contributed by atoms with Gasteiger partial charge in [0, 0.05) is 5.56 Å². The molecule has 1 atom stereocenters. The summed E-state index contributed by atoms with van der Waals surface area (Å²) in [6.45, 7) is 0. The van der Waals surface area contributed by atoms with Crippen molar-refractivity contribution in [3.05, 3.63) is 70.3 Å². The molecule has 0 heterocycles. The summed E-state index contributed by atoms with van der Waals surface area (Å²) in [5, 5.41) is 1.96. The van der Waals surface area contributed by atoms with Gasteiger partial charge in [-0.05, 0) is 12.1 Å². The first-order valence-corrected chi connectivity index (χ1v) is 7.62. The molecule has 28 heavy (non-hydrogen) atoms. The Morgan fingerprint density at radius 2 is 1.39 bits per heavy atom. The van der Waals surface area contributed by atoms with Gasteiger partial charge >= 0.3 is 11.9 Å². The Labute approximate surface area is 156 Å². The van der Waals surface area contributed by atoms with Gasteiger partial charge in [-0.15, -0.1) is 0 Å². The number of hydrogen-bond donors (Lipinski definition) is 1. The fourth-order valence-corrected chi connectivity index (χ4v) is 2.35. The van der Waals surface area contributed by atoms with Crippen LogP contribution in [0.2, 0.25) is 0 Å². The maximum absolute atomic E-state index is 14.5. The highest BCUT2D eigenvalue weighted by molar-refractivity contribution is 5.97. The summed E-state index contributed by atoms with van der Waals surface area (Å²) in [6, 6.07) is 4.98. The molecular weight excluding hydrogens is 386 g/mol. The third kappa shape index (κ3) is 3.80. The fourth-order valence-electron chi connectivity index (χ4n) is 2.35. The molecule has 0 saturated carbocycles. The van der Waals surface area contributed by atoms with Crippen LogP contribution in [-0.4, -0.2) is 32.1 Å². The van der Waals surface area contributed by atoms with Crippen LogP contribution >= 0.6 is 0 Å². The summed E-state index contributed by atoms with van der Waals surface area (Å²) in [4.78, 5) is 35.6. The molecule has 0 saturated heterocycles. The number of nitrogens with one attached hydrogen (secondary N) is 1. The highest BCUT2D eigenvalue weighted by Gasteiger charge is 2.37. The third-order valence-corrected chi connectivity index (χ3v) is 3.72. The van der Waals surface area contributed by atoms with Crippen LogP contribution in [0, 0.1) is 23.3 Å². The van der Waals surface area contributed by atoms with E-state index in [1.165, 1.54) is 24.3 Å². The maximum Gasteiger partial charge on any atom is 0.344 e. The fraction of sp³-hybridized carbons (Fsp3) is 0.167.